The van der Waals surface area contributed by atoms with Gasteiger partial charge in [-0.25, -0.2) is 0 Å². The second-order valence-corrected chi connectivity index (χ2v) is 6.12. The Bertz CT molecular complexity index is 949. The summed E-state index contributed by atoms with van der Waals surface area (Å²) in [5.41, 5.74) is 4.42. The first kappa shape index (κ1) is 17.4. The number of amides is 2. The van der Waals surface area contributed by atoms with Gasteiger partial charge in [0.2, 0.25) is 0 Å². The van der Waals surface area contributed by atoms with Gasteiger partial charge >= 0.3 is 0 Å². The summed E-state index contributed by atoms with van der Waals surface area (Å²) in [4.78, 5) is 25.1. The van der Waals surface area contributed by atoms with E-state index in [4.69, 9.17) is 0 Å². The van der Waals surface area contributed by atoms with Crippen LogP contribution >= 0.6 is 0 Å². The normalized spacial score (nSPS) is 10.2. The number of carbonyl (C=O) groups excluding carboxylic acids is 2. The van der Waals surface area contributed by atoms with Crippen molar-refractivity contribution in [2.45, 2.75) is 13.8 Å². The minimum Gasteiger partial charge on any atom is -0.322 e. The first-order valence-electron chi connectivity index (χ1n) is 8.38. The van der Waals surface area contributed by atoms with E-state index in [-0.39, 0.29) is 11.8 Å². The SMILES string of the molecule is Cc1ccc(NC(=O)c2ccccc2NC(=O)c2ccccc2)cc1C. The molecule has 0 saturated heterocycles. The van der Waals surface area contributed by atoms with Crippen molar-refractivity contribution >= 4 is 23.2 Å². The molecule has 130 valence electrons. The van der Waals surface area contributed by atoms with Gasteiger partial charge in [0.05, 0.1) is 11.3 Å². The first-order chi connectivity index (χ1) is 12.5. The topological polar surface area (TPSA) is 58.2 Å². The van der Waals surface area contributed by atoms with Crippen LogP contribution in [0.25, 0.3) is 0 Å². The third kappa shape index (κ3) is 3.98. The molecule has 0 aliphatic carbocycles. The average molecular weight is 344 g/mol. The van der Waals surface area contributed by atoms with Gasteiger partial charge in [-0.3, -0.25) is 9.59 Å². The van der Waals surface area contributed by atoms with Crippen molar-refractivity contribution in [1.29, 1.82) is 0 Å². The molecule has 2 amide bonds. The highest BCUT2D eigenvalue weighted by Gasteiger charge is 2.14. The molecule has 4 nitrogen and oxygen atoms in total. The number of rotatable bonds is 4. The van der Waals surface area contributed by atoms with E-state index in [1.54, 1.807) is 48.5 Å². The van der Waals surface area contributed by atoms with Crippen LogP contribution in [0.15, 0.2) is 72.8 Å². The lowest BCUT2D eigenvalue weighted by atomic mass is 10.1. The van der Waals surface area contributed by atoms with Crippen molar-refractivity contribution in [2.24, 2.45) is 0 Å². The zero-order valence-electron chi connectivity index (χ0n) is 14.7. The summed E-state index contributed by atoms with van der Waals surface area (Å²) < 4.78 is 0. The molecule has 26 heavy (non-hydrogen) atoms. The minimum absolute atomic E-state index is 0.253. The molecular formula is C22H20N2O2. The fourth-order valence-corrected chi connectivity index (χ4v) is 2.59. The van der Waals surface area contributed by atoms with E-state index in [1.165, 1.54) is 5.56 Å². The Morgan fingerprint density at radius 2 is 1.38 bits per heavy atom. The summed E-state index contributed by atoms with van der Waals surface area (Å²) in [7, 11) is 0. The van der Waals surface area contributed by atoms with Gasteiger partial charge in [-0.2, -0.15) is 0 Å². The number of benzene rings is 3. The Morgan fingerprint density at radius 3 is 2.12 bits per heavy atom. The zero-order valence-corrected chi connectivity index (χ0v) is 14.7. The third-order valence-corrected chi connectivity index (χ3v) is 4.22. The number of carbonyl (C=O) groups is 2. The summed E-state index contributed by atoms with van der Waals surface area (Å²) in [6, 6.07) is 21.6. The molecular weight excluding hydrogens is 324 g/mol. The molecule has 3 rings (SSSR count). The van der Waals surface area contributed by atoms with E-state index in [2.05, 4.69) is 10.6 Å². The van der Waals surface area contributed by atoms with Crippen LogP contribution in [0.5, 0.6) is 0 Å². The standard InChI is InChI=1S/C22H20N2O2/c1-15-12-13-18(14-16(15)2)23-22(26)19-10-6-7-11-20(19)24-21(25)17-8-4-3-5-9-17/h3-14H,1-2H3,(H,23,26)(H,24,25). The molecule has 0 atom stereocenters. The number of hydrogen-bond donors (Lipinski definition) is 2. The lowest BCUT2D eigenvalue weighted by Crippen LogP contribution is -2.18. The van der Waals surface area contributed by atoms with Gasteiger partial charge in [0.25, 0.3) is 11.8 Å². The Hall–Kier alpha value is -3.40. The van der Waals surface area contributed by atoms with Crippen LogP contribution in [0.2, 0.25) is 0 Å². The quantitative estimate of drug-likeness (QED) is 0.714. The van der Waals surface area contributed by atoms with Gasteiger partial charge in [0, 0.05) is 11.3 Å². The van der Waals surface area contributed by atoms with Gasteiger partial charge in [0.15, 0.2) is 0 Å². The van der Waals surface area contributed by atoms with Crippen molar-refractivity contribution in [3.05, 3.63) is 95.1 Å². The molecule has 3 aromatic carbocycles. The summed E-state index contributed by atoms with van der Waals surface area (Å²) in [5.74, 6) is -0.519. The number of anilines is 2. The largest absolute Gasteiger partial charge is 0.322 e. The van der Waals surface area contributed by atoms with Gasteiger partial charge < -0.3 is 10.6 Å². The number of aryl methyl sites for hydroxylation is 2. The van der Waals surface area contributed by atoms with Crippen LogP contribution in [0, 0.1) is 13.8 Å². The van der Waals surface area contributed by atoms with Crippen LogP contribution in [0.3, 0.4) is 0 Å². The highest BCUT2D eigenvalue weighted by atomic mass is 16.2. The van der Waals surface area contributed by atoms with Crippen LogP contribution in [-0.2, 0) is 0 Å². The smallest absolute Gasteiger partial charge is 0.257 e. The molecule has 0 aliphatic rings. The summed E-state index contributed by atoms with van der Waals surface area (Å²) >= 11 is 0. The molecule has 0 heterocycles. The minimum atomic E-state index is -0.266. The Kier molecular flexibility index (Phi) is 5.13. The molecule has 0 saturated carbocycles. The highest BCUT2D eigenvalue weighted by Crippen LogP contribution is 2.20. The maximum atomic E-state index is 12.7. The predicted molar refractivity (Wildman–Crippen MR) is 105 cm³/mol. The molecule has 0 bridgehead atoms. The molecule has 2 N–H and O–H groups in total. The summed E-state index contributed by atoms with van der Waals surface area (Å²) in [6.07, 6.45) is 0. The molecule has 0 aliphatic heterocycles. The first-order valence-corrected chi connectivity index (χ1v) is 8.38. The predicted octanol–water partition coefficient (Wildman–Crippen LogP) is 4.81. The van der Waals surface area contributed by atoms with E-state index >= 15 is 0 Å². The Morgan fingerprint density at radius 1 is 0.692 bits per heavy atom. The lowest BCUT2D eigenvalue weighted by Gasteiger charge is -2.12. The van der Waals surface area contributed by atoms with Crippen molar-refractivity contribution in [3.63, 3.8) is 0 Å². The molecule has 0 fully saturated rings. The number of hydrogen-bond acceptors (Lipinski definition) is 2. The highest BCUT2D eigenvalue weighted by molar-refractivity contribution is 6.12. The van der Waals surface area contributed by atoms with Crippen LogP contribution in [0.1, 0.15) is 31.8 Å². The van der Waals surface area contributed by atoms with Gasteiger partial charge in [-0.05, 0) is 61.4 Å². The van der Waals surface area contributed by atoms with Crippen molar-refractivity contribution in [1.82, 2.24) is 0 Å². The second kappa shape index (κ2) is 7.66. The van der Waals surface area contributed by atoms with E-state index in [0.29, 0.717) is 16.8 Å². The fourth-order valence-electron chi connectivity index (χ4n) is 2.59. The monoisotopic (exact) mass is 344 g/mol. The van der Waals surface area contributed by atoms with E-state index in [1.807, 2.05) is 38.1 Å². The van der Waals surface area contributed by atoms with Gasteiger partial charge in [0.1, 0.15) is 0 Å². The molecule has 3 aromatic rings. The van der Waals surface area contributed by atoms with Gasteiger partial charge in [-0.15, -0.1) is 0 Å². The Labute approximate surface area is 152 Å². The molecule has 0 spiro atoms. The van der Waals surface area contributed by atoms with Crippen molar-refractivity contribution in [2.75, 3.05) is 10.6 Å². The number of para-hydroxylation sites is 1. The van der Waals surface area contributed by atoms with Crippen molar-refractivity contribution in [3.8, 4) is 0 Å². The number of nitrogens with one attached hydrogen (secondary N) is 2. The maximum Gasteiger partial charge on any atom is 0.257 e. The third-order valence-electron chi connectivity index (χ3n) is 4.22. The van der Waals surface area contributed by atoms with Gasteiger partial charge in [-0.1, -0.05) is 36.4 Å². The fraction of sp³-hybridized carbons (Fsp3) is 0.0909. The van der Waals surface area contributed by atoms with E-state index in [9.17, 15) is 9.59 Å². The van der Waals surface area contributed by atoms with E-state index in [0.717, 1.165) is 11.3 Å². The van der Waals surface area contributed by atoms with Crippen LogP contribution in [0.4, 0.5) is 11.4 Å². The molecule has 0 aromatic heterocycles. The molecule has 4 heteroatoms. The second-order valence-electron chi connectivity index (χ2n) is 6.12. The summed E-state index contributed by atoms with van der Waals surface area (Å²) in [6.45, 7) is 4.02. The maximum absolute atomic E-state index is 12.7. The lowest BCUT2D eigenvalue weighted by molar-refractivity contribution is 0.102. The van der Waals surface area contributed by atoms with Crippen LogP contribution in [-0.4, -0.2) is 11.8 Å². The average Bonchev–Trinajstić information content (AvgIpc) is 2.66. The molecule has 0 unspecified atom stereocenters. The molecule has 0 radical (unpaired) electrons. The zero-order chi connectivity index (χ0) is 18.5. The van der Waals surface area contributed by atoms with Crippen molar-refractivity contribution < 1.29 is 9.59 Å². The van der Waals surface area contributed by atoms with E-state index < -0.39 is 0 Å². The Balaban J connectivity index is 1.81. The van der Waals surface area contributed by atoms with Crippen LogP contribution < -0.4 is 10.6 Å². The summed E-state index contributed by atoms with van der Waals surface area (Å²) in [5, 5.41) is 5.70.